The summed E-state index contributed by atoms with van der Waals surface area (Å²) in [4.78, 5) is 4.93. The van der Waals surface area contributed by atoms with Crippen LogP contribution in [0.4, 0.5) is 4.39 Å². The Balaban J connectivity index is 1.52. The van der Waals surface area contributed by atoms with Crippen LogP contribution in [-0.4, -0.2) is 55.2 Å². The average Bonchev–Trinajstić information content (AvgIpc) is 2.15. The van der Waals surface area contributed by atoms with Crippen molar-refractivity contribution in [3.8, 4) is 0 Å². The minimum absolute atomic E-state index is 0.300. The fraction of sp³-hybridized carbons (Fsp3) is 1.00. The molecule has 0 bridgehead atoms. The molecule has 2 nitrogen and oxygen atoms in total. The van der Waals surface area contributed by atoms with E-state index in [-0.39, 0.29) is 0 Å². The second-order valence-corrected chi connectivity index (χ2v) is 6.52. The van der Waals surface area contributed by atoms with E-state index in [4.69, 9.17) is 0 Å². The molecule has 1 saturated carbocycles. The van der Waals surface area contributed by atoms with Crippen molar-refractivity contribution < 1.29 is 4.39 Å². The summed E-state index contributed by atoms with van der Waals surface area (Å²) >= 11 is 0. The van der Waals surface area contributed by atoms with Gasteiger partial charge in [0.1, 0.15) is 6.17 Å². The molecule has 16 heavy (non-hydrogen) atoms. The van der Waals surface area contributed by atoms with E-state index < -0.39 is 6.17 Å². The van der Waals surface area contributed by atoms with Gasteiger partial charge < -0.3 is 4.90 Å². The average molecular weight is 226 g/mol. The zero-order valence-corrected chi connectivity index (χ0v) is 10.5. The summed E-state index contributed by atoms with van der Waals surface area (Å²) in [5.74, 6) is 0.300. The molecule has 2 saturated heterocycles. The molecule has 0 aromatic carbocycles. The zero-order chi connectivity index (χ0) is 11.3. The molecule has 3 rings (SSSR count). The highest BCUT2D eigenvalue weighted by Crippen LogP contribution is 2.47. The number of hydrogen-bond donors (Lipinski definition) is 0. The third kappa shape index (κ3) is 1.68. The van der Waals surface area contributed by atoms with Crippen LogP contribution in [0.25, 0.3) is 0 Å². The second-order valence-electron chi connectivity index (χ2n) is 6.52. The third-order valence-corrected chi connectivity index (χ3v) is 5.01. The van der Waals surface area contributed by atoms with Gasteiger partial charge in [-0.3, -0.25) is 4.90 Å². The van der Waals surface area contributed by atoms with Gasteiger partial charge >= 0.3 is 0 Å². The van der Waals surface area contributed by atoms with Gasteiger partial charge in [0.2, 0.25) is 0 Å². The maximum absolute atomic E-state index is 13.8. The minimum Gasteiger partial charge on any atom is -0.303 e. The molecule has 92 valence electrons. The summed E-state index contributed by atoms with van der Waals surface area (Å²) in [5, 5.41) is 0. The lowest BCUT2D eigenvalue weighted by molar-refractivity contribution is -0.109. The standard InChI is InChI=1S/C13H23FN2/c1-10-3-4-13(5-12(10)14)8-16(9-13)11-6-15(2)7-11/h10-12H,3-9H2,1-2H3. The molecule has 0 aromatic heterocycles. The van der Waals surface area contributed by atoms with Crippen LogP contribution >= 0.6 is 0 Å². The van der Waals surface area contributed by atoms with Gasteiger partial charge in [-0.1, -0.05) is 6.92 Å². The van der Waals surface area contributed by atoms with Gasteiger partial charge in [0.05, 0.1) is 0 Å². The van der Waals surface area contributed by atoms with Crippen molar-refractivity contribution in [2.75, 3.05) is 33.2 Å². The Morgan fingerprint density at radius 3 is 2.50 bits per heavy atom. The van der Waals surface area contributed by atoms with Gasteiger partial charge in [0, 0.05) is 32.2 Å². The molecular formula is C13H23FN2. The fourth-order valence-corrected chi connectivity index (χ4v) is 3.69. The van der Waals surface area contributed by atoms with E-state index in [1.54, 1.807) is 0 Å². The SMILES string of the molecule is CC1CCC2(CC1F)CN(C1CN(C)C1)C2. The van der Waals surface area contributed by atoms with Crippen molar-refractivity contribution in [2.45, 2.75) is 38.4 Å². The number of halogens is 1. The fourth-order valence-electron chi connectivity index (χ4n) is 3.69. The van der Waals surface area contributed by atoms with E-state index in [1.807, 2.05) is 0 Å². The number of hydrogen-bond acceptors (Lipinski definition) is 2. The van der Waals surface area contributed by atoms with Crippen LogP contribution < -0.4 is 0 Å². The van der Waals surface area contributed by atoms with Gasteiger partial charge in [-0.25, -0.2) is 4.39 Å². The van der Waals surface area contributed by atoms with Gasteiger partial charge in [-0.05, 0) is 37.6 Å². The smallest absolute Gasteiger partial charge is 0.103 e. The maximum Gasteiger partial charge on any atom is 0.103 e. The van der Waals surface area contributed by atoms with Crippen molar-refractivity contribution >= 4 is 0 Å². The van der Waals surface area contributed by atoms with E-state index in [1.165, 1.54) is 32.6 Å². The molecule has 3 aliphatic rings. The highest BCUT2D eigenvalue weighted by Gasteiger charge is 2.50. The lowest BCUT2D eigenvalue weighted by Gasteiger charge is -2.59. The van der Waals surface area contributed by atoms with Crippen LogP contribution in [0.2, 0.25) is 0 Å². The number of likely N-dealkylation sites (N-methyl/N-ethyl adjacent to an activating group) is 1. The van der Waals surface area contributed by atoms with Crippen LogP contribution in [-0.2, 0) is 0 Å². The Morgan fingerprint density at radius 1 is 1.25 bits per heavy atom. The molecule has 0 radical (unpaired) electrons. The van der Waals surface area contributed by atoms with E-state index in [0.29, 0.717) is 11.3 Å². The first kappa shape index (κ1) is 11.0. The summed E-state index contributed by atoms with van der Waals surface area (Å²) < 4.78 is 13.8. The molecule has 2 heterocycles. The van der Waals surface area contributed by atoms with Crippen molar-refractivity contribution in [2.24, 2.45) is 11.3 Å². The predicted octanol–water partition coefficient (Wildman–Crippen LogP) is 1.76. The summed E-state index contributed by atoms with van der Waals surface area (Å²) in [7, 11) is 2.17. The highest BCUT2D eigenvalue weighted by molar-refractivity contribution is 5.04. The molecule has 3 fully saturated rings. The molecule has 0 amide bonds. The quantitative estimate of drug-likeness (QED) is 0.672. The van der Waals surface area contributed by atoms with Gasteiger partial charge in [0.15, 0.2) is 0 Å². The van der Waals surface area contributed by atoms with Gasteiger partial charge in [-0.2, -0.15) is 0 Å². The molecule has 1 aliphatic carbocycles. The topological polar surface area (TPSA) is 6.48 Å². The molecular weight excluding hydrogens is 203 g/mol. The first-order chi connectivity index (χ1) is 7.58. The highest BCUT2D eigenvalue weighted by atomic mass is 19.1. The Hall–Kier alpha value is -0.150. The Kier molecular flexibility index (Phi) is 2.52. The normalized spacial score (nSPS) is 40.7. The molecule has 0 aromatic rings. The summed E-state index contributed by atoms with van der Waals surface area (Å²) in [6, 6.07) is 0.771. The molecule has 0 N–H and O–H groups in total. The molecule has 2 unspecified atom stereocenters. The summed E-state index contributed by atoms with van der Waals surface area (Å²) in [5.41, 5.74) is 0.361. The molecule has 1 spiro atoms. The lowest BCUT2D eigenvalue weighted by Crippen LogP contribution is -2.69. The van der Waals surface area contributed by atoms with Gasteiger partial charge in [-0.15, -0.1) is 0 Å². The van der Waals surface area contributed by atoms with Crippen molar-refractivity contribution in [3.05, 3.63) is 0 Å². The van der Waals surface area contributed by atoms with Crippen LogP contribution in [0, 0.1) is 11.3 Å². The first-order valence-corrected chi connectivity index (χ1v) is 6.65. The zero-order valence-electron chi connectivity index (χ0n) is 10.5. The van der Waals surface area contributed by atoms with E-state index >= 15 is 0 Å². The van der Waals surface area contributed by atoms with Crippen LogP contribution in [0.5, 0.6) is 0 Å². The van der Waals surface area contributed by atoms with Gasteiger partial charge in [0.25, 0.3) is 0 Å². The van der Waals surface area contributed by atoms with Crippen LogP contribution in [0.15, 0.2) is 0 Å². The number of likely N-dealkylation sites (tertiary alicyclic amines) is 2. The monoisotopic (exact) mass is 226 g/mol. The number of nitrogens with zero attached hydrogens (tertiary/aromatic N) is 2. The number of rotatable bonds is 1. The third-order valence-electron chi connectivity index (χ3n) is 5.01. The van der Waals surface area contributed by atoms with Crippen LogP contribution in [0.3, 0.4) is 0 Å². The van der Waals surface area contributed by atoms with E-state index in [2.05, 4.69) is 23.8 Å². The minimum atomic E-state index is -0.542. The van der Waals surface area contributed by atoms with E-state index in [9.17, 15) is 4.39 Å². The summed E-state index contributed by atoms with van der Waals surface area (Å²) in [6.45, 7) is 6.82. The Bertz CT molecular complexity index is 269. The van der Waals surface area contributed by atoms with Crippen molar-refractivity contribution in [3.63, 3.8) is 0 Å². The van der Waals surface area contributed by atoms with Crippen molar-refractivity contribution in [1.29, 1.82) is 0 Å². The molecule has 2 aliphatic heterocycles. The number of alkyl halides is 1. The summed E-state index contributed by atoms with van der Waals surface area (Å²) in [6.07, 6.45) is 2.64. The Morgan fingerprint density at radius 2 is 1.94 bits per heavy atom. The maximum atomic E-state index is 13.8. The first-order valence-electron chi connectivity index (χ1n) is 6.65. The van der Waals surface area contributed by atoms with Crippen LogP contribution in [0.1, 0.15) is 26.2 Å². The molecule has 2 atom stereocenters. The predicted molar refractivity (Wildman–Crippen MR) is 63.2 cm³/mol. The molecule has 3 heteroatoms. The van der Waals surface area contributed by atoms with Crippen molar-refractivity contribution in [1.82, 2.24) is 9.80 Å². The lowest BCUT2D eigenvalue weighted by atomic mass is 9.65. The second kappa shape index (κ2) is 3.67. The Labute approximate surface area is 97.8 Å². The van der Waals surface area contributed by atoms with E-state index in [0.717, 1.165) is 18.9 Å². The largest absolute Gasteiger partial charge is 0.303 e.